The lowest BCUT2D eigenvalue weighted by Crippen LogP contribution is -2.61. The van der Waals surface area contributed by atoms with Crippen LogP contribution >= 0.6 is 0 Å². The van der Waals surface area contributed by atoms with Gasteiger partial charge in [0.15, 0.2) is 0 Å². The van der Waals surface area contributed by atoms with Gasteiger partial charge in [-0.1, -0.05) is 27.2 Å². The van der Waals surface area contributed by atoms with Gasteiger partial charge in [0.25, 0.3) is 0 Å². The number of rotatable bonds is 1. The molecule has 126 valence electrons. The van der Waals surface area contributed by atoms with E-state index < -0.39 is 0 Å². The maximum atomic E-state index is 4.84. The first-order valence-electron chi connectivity index (χ1n) is 9.76. The summed E-state index contributed by atoms with van der Waals surface area (Å²) in [6.45, 7) is 8.85. The third-order valence-electron chi connectivity index (χ3n) is 7.44. The Labute approximate surface area is 140 Å². The SMILES string of the molecule is CC12CC3(C)CC(C)(C1)CC(c1nnc4n1CCCCC4)(C2)C3. The lowest BCUT2D eigenvalue weighted by atomic mass is 9.36. The van der Waals surface area contributed by atoms with Gasteiger partial charge in [-0.25, -0.2) is 0 Å². The first-order valence-corrected chi connectivity index (χ1v) is 9.76. The average molecular weight is 313 g/mol. The molecule has 0 amide bonds. The Kier molecular flexibility index (Phi) is 2.65. The van der Waals surface area contributed by atoms with Gasteiger partial charge >= 0.3 is 0 Å². The molecule has 4 saturated carbocycles. The number of nitrogens with zero attached hydrogens (tertiary/aromatic N) is 3. The number of hydrogen-bond acceptors (Lipinski definition) is 2. The van der Waals surface area contributed by atoms with Crippen LogP contribution in [0, 0.1) is 16.2 Å². The zero-order valence-corrected chi connectivity index (χ0v) is 15.1. The quantitative estimate of drug-likeness (QED) is 0.756. The van der Waals surface area contributed by atoms with E-state index in [1.54, 1.807) is 0 Å². The monoisotopic (exact) mass is 313 g/mol. The van der Waals surface area contributed by atoms with Gasteiger partial charge in [0.05, 0.1) is 0 Å². The van der Waals surface area contributed by atoms with Crippen molar-refractivity contribution in [2.45, 2.75) is 96.9 Å². The van der Waals surface area contributed by atoms with Gasteiger partial charge in [0.2, 0.25) is 0 Å². The highest BCUT2D eigenvalue weighted by atomic mass is 15.3. The fourth-order valence-electron chi connectivity index (χ4n) is 8.41. The van der Waals surface area contributed by atoms with Crippen molar-refractivity contribution >= 4 is 0 Å². The van der Waals surface area contributed by atoms with Gasteiger partial charge in [0, 0.05) is 18.4 Å². The highest BCUT2D eigenvalue weighted by Gasteiger charge is 2.65. The normalized spacial score (nSPS) is 48.3. The molecule has 5 aliphatic rings. The zero-order valence-electron chi connectivity index (χ0n) is 15.1. The Hall–Kier alpha value is -0.860. The van der Waals surface area contributed by atoms with Gasteiger partial charge in [-0.2, -0.15) is 0 Å². The van der Waals surface area contributed by atoms with Crippen LogP contribution in [0.15, 0.2) is 0 Å². The topological polar surface area (TPSA) is 30.7 Å². The molecule has 0 N–H and O–H groups in total. The molecular weight excluding hydrogens is 282 g/mol. The van der Waals surface area contributed by atoms with Crippen LogP contribution in [-0.4, -0.2) is 14.8 Å². The number of aromatic nitrogens is 3. The van der Waals surface area contributed by atoms with Crippen LogP contribution in [0.1, 0.15) is 90.2 Å². The van der Waals surface area contributed by atoms with E-state index in [1.807, 2.05) is 0 Å². The van der Waals surface area contributed by atoms with Crippen molar-refractivity contribution in [3.63, 3.8) is 0 Å². The van der Waals surface area contributed by atoms with Gasteiger partial charge in [-0.3, -0.25) is 0 Å². The van der Waals surface area contributed by atoms with Crippen molar-refractivity contribution in [3.05, 3.63) is 11.6 Å². The lowest BCUT2D eigenvalue weighted by molar-refractivity contribution is -0.155. The van der Waals surface area contributed by atoms with E-state index in [0.29, 0.717) is 21.7 Å². The van der Waals surface area contributed by atoms with Crippen molar-refractivity contribution in [2.75, 3.05) is 0 Å². The van der Waals surface area contributed by atoms with Crippen molar-refractivity contribution in [1.29, 1.82) is 0 Å². The summed E-state index contributed by atoms with van der Waals surface area (Å²) in [7, 11) is 0. The summed E-state index contributed by atoms with van der Waals surface area (Å²) in [6, 6.07) is 0. The first-order chi connectivity index (χ1) is 10.8. The maximum absolute atomic E-state index is 4.84. The van der Waals surface area contributed by atoms with Crippen LogP contribution in [0.4, 0.5) is 0 Å². The van der Waals surface area contributed by atoms with Crippen molar-refractivity contribution < 1.29 is 0 Å². The van der Waals surface area contributed by atoms with E-state index in [2.05, 4.69) is 30.4 Å². The van der Waals surface area contributed by atoms with Crippen LogP contribution in [0.5, 0.6) is 0 Å². The molecule has 6 rings (SSSR count). The molecular formula is C20H31N3. The second-order valence-electron chi connectivity index (χ2n) is 10.7. The molecule has 0 atom stereocenters. The third kappa shape index (κ3) is 2.01. The minimum Gasteiger partial charge on any atom is -0.315 e. The molecule has 3 nitrogen and oxygen atoms in total. The van der Waals surface area contributed by atoms with Crippen LogP contribution in [0.3, 0.4) is 0 Å². The largest absolute Gasteiger partial charge is 0.315 e. The second kappa shape index (κ2) is 4.21. The van der Waals surface area contributed by atoms with Crippen LogP contribution in [0.2, 0.25) is 0 Å². The standard InChI is InChI=1S/C20H31N3/c1-17-9-18(2)11-19(3,10-17)14-20(12-17,13-18)16-22-21-15-7-5-4-6-8-23(15)16/h4-14H2,1-3H3. The molecule has 2 heterocycles. The number of aryl methyl sites for hydroxylation is 1. The van der Waals surface area contributed by atoms with E-state index in [1.165, 1.54) is 69.4 Å². The molecule has 1 aromatic heterocycles. The molecule has 1 aliphatic heterocycles. The number of hydrogen-bond donors (Lipinski definition) is 0. The summed E-state index contributed by atoms with van der Waals surface area (Å²) in [5, 5.41) is 9.49. The van der Waals surface area contributed by atoms with Gasteiger partial charge in [0.1, 0.15) is 11.6 Å². The Morgan fingerprint density at radius 3 is 1.96 bits per heavy atom. The Morgan fingerprint density at radius 2 is 1.35 bits per heavy atom. The molecule has 0 saturated heterocycles. The molecule has 4 aliphatic carbocycles. The first kappa shape index (κ1) is 14.5. The van der Waals surface area contributed by atoms with Gasteiger partial charge in [-0.05, 0) is 67.6 Å². The molecule has 0 radical (unpaired) electrons. The summed E-state index contributed by atoms with van der Waals surface area (Å²) in [4.78, 5) is 0. The highest BCUT2D eigenvalue weighted by Crippen LogP contribution is 2.73. The fourth-order valence-corrected chi connectivity index (χ4v) is 8.41. The molecule has 0 aromatic carbocycles. The summed E-state index contributed by atoms with van der Waals surface area (Å²) in [5.41, 5.74) is 1.88. The zero-order chi connectivity index (χ0) is 15.9. The predicted molar refractivity (Wildman–Crippen MR) is 91.3 cm³/mol. The molecule has 1 aromatic rings. The predicted octanol–water partition coefficient (Wildman–Crippen LogP) is 4.64. The van der Waals surface area contributed by atoms with Gasteiger partial charge < -0.3 is 4.57 Å². The Morgan fingerprint density at radius 1 is 0.739 bits per heavy atom. The van der Waals surface area contributed by atoms with Crippen LogP contribution < -0.4 is 0 Å². The lowest BCUT2D eigenvalue weighted by Gasteiger charge is -2.68. The van der Waals surface area contributed by atoms with E-state index >= 15 is 0 Å². The molecule has 0 unspecified atom stereocenters. The molecule has 0 spiro atoms. The summed E-state index contributed by atoms with van der Waals surface area (Å²) in [6.07, 6.45) is 13.4. The molecule has 3 heteroatoms. The minimum absolute atomic E-state index is 0.308. The van der Waals surface area contributed by atoms with Crippen LogP contribution in [0.25, 0.3) is 0 Å². The Balaban J connectivity index is 1.64. The average Bonchev–Trinajstić information content (AvgIpc) is 2.64. The molecule has 23 heavy (non-hydrogen) atoms. The van der Waals surface area contributed by atoms with E-state index in [4.69, 9.17) is 5.10 Å². The summed E-state index contributed by atoms with van der Waals surface area (Å²) in [5.74, 6) is 2.64. The van der Waals surface area contributed by atoms with E-state index in [0.717, 1.165) is 13.0 Å². The highest BCUT2D eigenvalue weighted by molar-refractivity contribution is 5.25. The maximum Gasteiger partial charge on any atom is 0.139 e. The van der Waals surface area contributed by atoms with Crippen molar-refractivity contribution in [3.8, 4) is 0 Å². The van der Waals surface area contributed by atoms with Crippen molar-refractivity contribution in [2.24, 2.45) is 16.2 Å². The van der Waals surface area contributed by atoms with Crippen molar-refractivity contribution in [1.82, 2.24) is 14.8 Å². The Bertz CT molecular complexity index is 604. The van der Waals surface area contributed by atoms with Crippen LogP contribution in [-0.2, 0) is 18.4 Å². The minimum atomic E-state index is 0.308. The third-order valence-corrected chi connectivity index (χ3v) is 7.44. The molecule has 4 fully saturated rings. The van der Waals surface area contributed by atoms with E-state index in [9.17, 15) is 0 Å². The smallest absolute Gasteiger partial charge is 0.139 e. The van der Waals surface area contributed by atoms with E-state index in [-0.39, 0.29) is 0 Å². The second-order valence-corrected chi connectivity index (χ2v) is 10.7. The number of fused-ring (bicyclic) bond motifs is 1. The summed E-state index contributed by atoms with van der Waals surface area (Å²) >= 11 is 0. The van der Waals surface area contributed by atoms with Gasteiger partial charge in [-0.15, -0.1) is 10.2 Å². The molecule has 4 bridgehead atoms. The summed E-state index contributed by atoms with van der Waals surface area (Å²) < 4.78 is 2.55. The fraction of sp³-hybridized carbons (Fsp3) is 0.900.